The second-order valence-electron chi connectivity index (χ2n) is 9.60. The van der Waals surface area contributed by atoms with Crippen molar-refractivity contribution >= 4 is 39.1 Å². The molecule has 3 heterocycles. The second-order valence-corrected chi connectivity index (χ2v) is 12.7. The minimum Gasteiger partial charge on any atom is -0.481 e. The Bertz CT molecular complexity index is 1310. The highest BCUT2D eigenvalue weighted by molar-refractivity contribution is 7.91. The molecule has 2 N–H and O–H groups in total. The van der Waals surface area contributed by atoms with Gasteiger partial charge >= 0.3 is 5.97 Å². The molecule has 13 heteroatoms. The number of thiophene rings is 1. The number of rotatable bonds is 8. The zero-order valence-corrected chi connectivity index (χ0v) is 22.2. The van der Waals surface area contributed by atoms with Gasteiger partial charge in [0.2, 0.25) is 6.79 Å². The van der Waals surface area contributed by atoms with Crippen LogP contribution in [-0.4, -0.2) is 72.6 Å². The minimum atomic E-state index is -4.10. The summed E-state index contributed by atoms with van der Waals surface area (Å²) in [4.78, 5) is 40.3. The van der Waals surface area contributed by atoms with Gasteiger partial charge in [-0.3, -0.25) is 14.4 Å². The fourth-order valence-corrected chi connectivity index (χ4v) is 8.05. The van der Waals surface area contributed by atoms with E-state index in [2.05, 4.69) is 5.32 Å². The average Bonchev–Trinajstić information content (AvgIpc) is 3.68. The Kier molecular flexibility index (Phi) is 7.59. The van der Waals surface area contributed by atoms with Crippen molar-refractivity contribution in [1.29, 1.82) is 0 Å². The summed E-state index contributed by atoms with van der Waals surface area (Å²) in [5, 5.41) is 14.0. The molecule has 2 unspecified atom stereocenters. The predicted molar refractivity (Wildman–Crippen MR) is 136 cm³/mol. The molecule has 2 fully saturated rings. The summed E-state index contributed by atoms with van der Waals surface area (Å²) in [6.07, 6.45) is 2.73. The van der Waals surface area contributed by atoms with Crippen molar-refractivity contribution < 1.29 is 37.4 Å². The van der Waals surface area contributed by atoms with Crippen LogP contribution in [-0.2, 0) is 19.6 Å². The van der Waals surface area contributed by atoms with Crippen molar-refractivity contribution in [2.24, 2.45) is 5.92 Å². The second kappa shape index (κ2) is 10.9. The lowest BCUT2D eigenvalue weighted by Gasteiger charge is -2.33. The highest BCUT2D eigenvalue weighted by atomic mass is 32.2. The van der Waals surface area contributed by atoms with Gasteiger partial charge in [-0.15, -0.1) is 11.3 Å². The van der Waals surface area contributed by atoms with E-state index in [9.17, 15) is 27.9 Å². The number of carboxylic acid groups (broad SMARTS) is 1. The van der Waals surface area contributed by atoms with Gasteiger partial charge in [-0.2, -0.15) is 4.31 Å². The summed E-state index contributed by atoms with van der Waals surface area (Å²) < 4.78 is 38.8. The number of carbonyl (C=O) groups excluding carboxylic acids is 2. The number of benzene rings is 1. The molecular weight excluding hydrogens is 534 g/mol. The van der Waals surface area contributed by atoms with Crippen LogP contribution in [0.3, 0.4) is 0 Å². The van der Waals surface area contributed by atoms with Crippen LogP contribution < -0.4 is 14.8 Å². The smallest absolute Gasteiger partial charge is 0.305 e. The molecular formula is C25H29N3O8S2. The third-order valence-corrected chi connectivity index (χ3v) is 10.5. The van der Waals surface area contributed by atoms with Gasteiger partial charge in [-0.1, -0.05) is 25.3 Å². The van der Waals surface area contributed by atoms with Gasteiger partial charge in [0, 0.05) is 24.7 Å². The van der Waals surface area contributed by atoms with Crippen LogP contribution in [0.4, 0.5) is 0 Å². The molecule has 11 nitrogen and oxygen atoms in total. The van der Waals surface area contributed by atoms with E-state index in [1.165, 1.54) is 23.1 Å². The van der Waals surface area contributed by atoms with Crippen molar-refractivity contribution in [2.75, 3.05) is 19.9 Å². The maximum Gasteiger partial charge on any atom is 0.305 e. The van der Waals surface area contributed by atoms with E-state index in [4.69, 9.17) is 9.47 Å². The standard InChI is InChI=1S/C25H29N3O8S2/c29-21(30)14-18(16-5-2-1-3-6-16)26-23(31)24-27(10-11-28(24)38(33,34)22-7-4-12-37-22)25(32)17-8-9-19-20(13-17)36-15-35-19/h4,7-9,12-13,16,18,24H,1-3,5-6,10-11,14-15H2,(H,26,31)(H,29,30). The molecule has 1 saturated carbocycles. The Hall–Kier alpha value is -3.16. The molecule has 0 bridgehead atoms. The Morgan fingerprint density at radius 1 is 1.08 bits per heavy atom. The first-order valence-corrected chi connectivity index (χ1v) is 14.9. The monoisotopic (exact) mass is 563 g/mol. The van der Waals surface area contributed by atoms with E-state index < -0.39 is 40.0 Å². The Morgan fingerprint density at radius 2 is 1.84 bits per heavy atom. The van der Waals surface area contributed by atoms with Crippen molar-refractivity contribution in [3.05, 3.63) is 41.3 Å². The first-order valence-electron chi connectivity index (χ1n) is 12.5. The van der Waals surface area contributed by atoms with E-state index in [0.29, 0.717) is 11.5 Å². The van der Waals surface area contributed by atoms with Gasteiger partial charge in [0.25, 0.3) is 21.8 Å². The Balaban J connectivity index is 1.46. The largest absolute Gasteiger partial charge is 0.481 e. The van der Waals surface area contributed by atoms with Crippen molar-refractivity contribution in [1.82, 2.24) is 14.5 Å². The third-order valence-electron chi connectivity index (χ3n) is 7.24. The molecule has 2 aromatic rings. The van der Waals surface area contributed by atoms with E-state index >= 15 is 0 Å². The molecule has 0 spiro atoms. The molecule has 0 radical (unpaired) electrons. The SMILES string of the molecule is O=C(O)CC(NC(=O)C1N(C(=O)c2ccc3c(c2)OCO3)CCN1S(=O)(=O)c1cccs1)C1CCCCC1. The van der Waals surface area contributed by atoms with Gasteiger partial charge in [0.15, 0.2) is 17.7 Å². The normalized spacial score (nSPS) is 20.8. The van der Waals surface area contributed by atoms with E-state index in [0.717, 1.165) is 47.7 Å². The summed E-state index contributed by atoms with van der Waals surface area (Å²) in [7, 11) is -4.10. The molecule has 3 aliphatic rings. The van der Waals surface area contributed by atoms with Crippen LogP contribution in [0.5, 0.6) is 11.5 Å². The van der Waals surface area contributed by atoms with Crippen molar-refractivity contribution in [3.63, 3.8) is 0 Å². The zero-order chi connectivity index (χ0) is 26.9. The number of carbonyl (C=O) groups is 3. The molecule has 204 valence electrons. The summed E-state index contributed by atoms with van der Waals surface area (Å²) in [5.74, 6) is -1.47. The number of carboxylic acids is 1. The number of hydrogen-bond donors (Lipinski definition) is 2. The van der Waals surface area contributed by atoms with Crippen molar-refractivity contribution in [2.45, 2.75) is 54.9 Å². The number of ether oxygens (including phenoxy) is 2. The molecule has 2 amide bonds. The van der Waals surface area contributed by atoms with Gasteiger partial charge in [0.05, 0.1) is 6.42 Å². The molecule has 1 aromatic carbocycles. The maximum absolute atomic E-state index is 13.8. The number of aliphatic carboxylic acids is 1. The summed E-state index contributed by atoms with van der Waals surface area (Å²) in [6, 6.07) is 7.01. The topological polar surface area (TPSA) is 143 Å². The average molecular weight is 564 g/mol. The summed E-state index contributed by atoms with van der Waals surface area (Å²) in [5.41, 5.74) is 0.219. The first-order chi connectivity index (χ1) is 18.3. The number of fused-ring (bicyclic) bond motifs is 1. The number of amides is 2. The van der Waals surface area contributed by atoms with Crippen LogP contribution in [0.2, 0.25) is 0 Å². The lowest BCUT2D eigenvalue weighted by atomic mass is 9.82. The van der Waals surface area contributed by atoms with Gasteiger partial charge in [-0.25, -0.2) is 8.42 Å². The van der Waals surface area contributed by atoms with Gasteiger partial charge in [-0.05, 0) is 48.4 Å². The number of sulfonamides is 1. The minimum absolute atomic E-state index is 0.0109. The van der Waals surface area contributed by atoms with E-state index in [1.807, 2.05) is 0 Å². The van der Waals surface area contributed by atoms with Crippen molar-refractivity contribution in [3.8, 4) is 11.5 Å². The molecule has 1 aromatic heterocycles. The first kappa shape index (κ1) is 26.4. The zero-order valence-electron chi connectivity index (χ0n) is 20.6. The highest BCUT2D eigenvalue weighted by Crippen LogP contribution is 2.35. The van der Waals surface area contributed by atoms with Crippen LogP contribution >= 0.6 is 11.3 Å². The lowest BCUT2D eigenvalue weighted by Crippen LogP contribution is -2.56. The van der Waals surface area contributed by atoms with Gasteiger partial charge < -0.3 is 24.8 Å². The summed E-state index contributed by atoms with van der Waals surface area (Å²) >= 11 is 1.02. The van der Waals surface area contributed by atoms with Gasteiger partial charge in [0.1, 0.15) is 4.21 Å². The molecule has 38 heavy (non-hydrogen) atoms. The lowest BCUT2D eigenvalue weighted by molar-refractivity contribution is -0.138. The van der Waals surface area contributed by atoms with E-state index in [-0.39, 0.29) is 42.0 Å². The molecule has 1 saturated heterocycles. The fraction of sp³-hybridized carbons (Fsp3) is 0.480. The van der Waals surface area contributed by atoms with Crippen LogP contribution in [0.25, 0.3) is 0 Å². The highest BCUT2D eigenvalue weighted by Gasteiger charge is 2.48. The molecule has 5 rings (SSSR count). The quantitative estimate of drug-likeness (QED) is 0.499. The molecule has 2 aliphatic heterocycles. The van der Waals surface area contributed by atoms with Crippen LogP contribution in [0.1, 0.15) is 48.9 Å². The summed E-state index contributed by atoms with van der Waals surface area (Å²) in [6.45, 7) is -0.0642. The Morgan fingerprint density at radius 3 is 2.55 bits per heavy atom. The fourth-order valence-electron chi connectivity index (χ4n) is 5.38. The van der Waals surface area contributed by atoms with Crippen LogP contribution in [0, 0.1) is 5.92 Å². The predicted octanol–water partition coefficient (Wildman–Crippen LogP) is 2.49. The Labute approximate surface area is 224 Å². The third kappa shape index (κ3) is 5.22. The van der Waals surface area contributed by atoms with Crippen LogP contribution in [0.15, 0.2) is 39.9 Å². The number of nitrogens with one attached hydrogen (secondary N) is 1. The molecule has 1 aliphatic carbocycles. The number of hydrogen-bond acceptors (Lipinski definition) is 8. The molecule has 2 atom stereocenters. The number of nitrogens with zero attached hydrogens (tertiary/aromatic N) is 2. The van der Waals surface area contributed by atoms with E-state index in [1.54, 1.807) is 17.5 Å². The maximum atomic E-state index is 13.8.